The molecule has 0 radical (unpaired) electrons. The number of carbonyl (C=O) groups excluding carboxylic acids is 1. The Kier molecular flexibility index (Phi) is 7.38. The fourth-order valence-electron chi connectivity index (χ4n) is 3.10. The first-order valence-electron chi connectivity index (χ1n) is 8.67. The van der Waals surface area contributed by atoms with Gasteiger partial charge in [-0.1, -0.05) is 36.4 Å². The molecule has 0 spiro atoms. The van der Waals surface area contributed by atoms with Crippen molar-refractivity contribution in [2.75, 3.05) is 26.2 Å². The lowest BCUT2D eigenvalue weighted by Crippen LogP contribution is -2.37. The van der Waals surface area contributed by atoms with Crippen molar-refractivity contribution in [3.8, 4) is 0 Å². The Morgan fingerprint density at radius 3 is 2.52 bits per heavy atom. The smallest absolute Gasteiger partial charge is 0.251 e. The number of benzene rings is 2. The van der Waals surface area contributed by atoms with Crippen LogP contribution in [-0.4, -0.2) is 44.8 Å². The van der Waals surface area contributed by atoms with Gasteiger partial charge in [0, 0.05) is 31.7 Å². The van der Waals surface area contributed by atoms with Gasteiger partial charge in [-0.2, -0.15) is 4.31 Å². The van der Waals surface area contributed by atoms with Crippen LogP contribution in [0.5, 0.6) is 0 Å². The zero-order valence-electron chi connectivity index (χ0n) is 14.9. The molecule has 27 heavy (non-hydrogen) atoms. The first kappa shape index (κ1) is 21.4. The molecule has 6 nitrogen and oxygen atoms in total. The molecule has 1 amide bonds. The number of sulfonamides is 1. The molecule has 3 N–H and O–H groups in total. The number of nitrogens with zero attached hydrogens (tertiary/aromatic N) is 1. The van der Waals surface area contributed by atoms with Crippen molar-refractivity contribution in [1.82, 2.24) is 9.62 Å². The van der Waals surface area contributed by atoms with Gasteiger partial charge in [0.15, 0.2) is 0 Å². The maximum Gasteiger partial charge on any atom is 0.251 e. The SMILES string of the molecule is Cl.NCCN(CCc1ccccc1)S(=O)(=O)c1ccc2c(c1)C(=O)NCC2. The highest BCUT2D eigenvalue weighted by molar-refractivity contribution is 7.89. The van der Waals surface area contributed by atoms with Crippen molar-refractivity contribution in [3.63, 3.8) is 0 Å². The number of nitrogens with two attached hydrogens (primary N) is 1. The average Bonchev–Trinajstić information content (AvgIpc) is 2.66. The average molecular weight is 410 g/mol. The van der Waals surface area contributed by atoms with Crippen molar-refractivity contribution in [1.29, 1.82) is 0 Å². The van der Waals surface area contributed by atoms with E-state index in [4.69, 9.17) is 5.73 Å². The van der Waals surface area contributed by atoms with Gasteiger partial charge >= 0.3 is 0 Å². The summed E-state index contributed by atoms with van der Waals surface area (Å²) in [6, 6.07) is 14.5. The summed E-state index contributed by atoms with van der Waals surface area (Å²) in [5, 5.41) is 2.75. The number of amides is 1. The molecule has 0 saturated heterocycles. The van der Waals surface area contributed by atoms with Gasteiger partial charge in [-0.25, -0.2) is 8.42 Å². The van der Waals surface area contributed by atoms with Crippen LogP contribution in [-0.2, 0) is 22.9 Å². The summed E-state index contributed by atoms with van der Waals surface area (Å²) < 4.78 is 27.5. The summed E-state index contributed by atoms with van der Waals surface area (Å²) in [4.78, 5) is 12.2. The van der Waals surface area contributed by atoms with Crippen molar-refractivity contribution >= 4 is 28.3 Å². The predicted molar refractivity (Wildman–Crippen MR) is 108 cm³/mol. The Labute approximate surface area is 166 Å². The van der Waals surface area contributed by atoms with Gasteiger partial charge in [0.05, 0.1) is 4.90 Å². The zero-order chi connectivity index (χ0) is 18.6. The number of hydrogen-bond acceptors (Lipinski definition) is 4. The number of nitrogens with one attached hydrogen (secondary N) is 1. The second-order valence-electron chi connectivity index (χ2n) is 6.25. The molecule has 146 valence electrons. The Bertz CT molecular complexity index is 888. The molecule has 0 bridgehead atoms. The van der Waals surface area contributed by atoms with Crippen molar-refractivity contribution < 1.29 is 13.2 Å². The third-order valence-corrected chi connectivity index (χ3v) is 6.41. The minimum absolute atomic E-state index is 0. The highest BCUT2D eigenvalue weighted by atomic mass is 35.5. The minimum atomic E-state index is -3.72. The van der Waals surface area contributed by atoms with E-state index in [-0.39, 0.29) is 36.3 Å². The zero-order valence-corrected chi connectivity index (χ0v) is 16.6. The van der Waals surface area contributed by atoms with Gasteiger partial charge in [0.2, 0.25) is 10.0 Å². The van der Waals surface area contributed by atoms with Crippen molar-refractivity contribution in [2.24, 2.45) is 5.73 Å². The molecule has 3 rings (SSSR count). The number of halogens is 1. The van der Waals surface area contributed by atoms with E-state index in [9.17, 15) is 13.2 Å². The first-order chi connectivity index (χ1) is 12.5. The molecule has 0 aliphatic carbocycles. The van der Waals surface area contributed by atoms with Crippen LogP contribution in [0.4, 0.5) is 0 Å². The molecular weight excluding hydrogens is 386 g/mol. The third-order valence-electron chi connectivity index (χ3n) is 4.51. The van der Waals surface area contributed by atoms with Crippen LogP contribution in [0.1, 0.15) is 21.5 Å². The van der Waals surface area contributed by atoms with Gasteiger partial charge in [-0.3, -0.25) is 4.79 Å². The summed E-state index contributed by atoms with van der Waals surface area (Å²) in [5.74, 6) is -0.224. The van der Waals surface area contributed by atoms with Crippen LogP contribution >= 0.6 is 12.4 Å². The molecular formula is C19H24ClN3O3S. The predicted octanol–water partition coefficient (Wildman–Crippen LogP) is 1.59. The molecule has 2 aromatic carbocycles. The summed E-state index contributed by atoms with van der Waals surface area (Å²) in [7, 11) is -3.72. The van der Waals surface area contributed by atoms with Crippen LogP contribution in [0.3, 0.4) is 0 Å². The fourth-order valence-corrected chi connectivity index (χ4v) is 4.58. The Balaban J connectivity index is 0.00000261. The fraction of sp³-hybridized carbons (Fsp3) is 0.316. The molecule has 0 atom stereocenters. The Morgan fingerprint density at radius 1 is 1.07 bits per heavy atom. The highest BCUT2D eigenvalue weighted by Gasteiger charge is 2.26. The van der Waals surface area contributed by atoms with Gasteiger partial charge < -0.3 is 11.1 Å². The van der Waals surface area contributed by atoms with Crippen LogP contribution < -0.4 is 11.1 Å². The van der Waals surface area contributed by atoms with E-state index in [1.165, 1.54) is 10.4 Å². The highest BCUT2D eigenvalue weighted by Crippen LogP contribution is 2.22. The molecule has 0 fully saturated rings. The lowest BCUT2D eigenvalue weighted by Gasteiger charge is -2.23. The van der Waals surface area contributed by atoms with E-state index in [2.05, 4.69) is 5.32 Å². The van der Waals surface area contributed by atoms with E-state index in [1.807, 2.05) is 30.3 Å². The standard InChI is InChI=1S/C19H23N3O3S.ClH/c20-10-13-22(12-9-15-4-2-1-3-5-15)26(24,25)17-7-6-16-8-11-21-19(23)18(16)14-17;/h1-7,14H,8-13,20H2,(H,21,23);1H. The van der Waals surface area contributed by atoms with Gasteiger partial charge in [-0.05, 0) is 36.1 Å². The normalized spacial score (nSPS) is 13.6. The third kappa shape index (κ3) is 4.87. The van der Waals surface area contributed by atoms with E-state index < -0.39 is 10.0 Å². The van der Waals surface area contributed by atoms with Gasteiger partial charge in [0.25, 0.3) is 5.91 Å². The quantitative estimate of drug-likeness (QED) is 0.726. The molecule has 0 aromatic heterocycles. The summed E-state index contributed by atoms with van der Waals surface area (Å²) in [5.41, 5.74) is 8.02. The second kappa shape index (κ2) is 9.32. The Morgan fingerprint density at radius 2 is 1.81 bits per heavy atom. The lowest BCUT2D eigenvalue weighted by atomic mass is 10.0. The molecule has 0 unspecified atom stereocenters. The maximum absolute atomic E-state index is 13.1. The summed E-state index contributed by atoms with van der Waals surface area (Å²) in [6.45, 7) is 1.39. The second-order valence-corrected chi connectivity index (χ2v) is 8.19. The van der Waals surface area contributed by atoms with Gasteiger partial charge in [-0.15, -0.1) is 12.4 Å². The molecule has 2 aromatic rings. The van der Waals surface area contributed by atoms with E-state index >= 15 is 0 Å². The number of hydrogen-bond donors (Lipinski definition) is 2. The number of carbonyl (C=O) groups is 1. The minimum Gasteiger partial charge on any atom is -0.352 e. The summed E-state index contributed by atoms with van der Waals surface area (Å²) >= 11 is 0. The van der Waals surface area contributed by atoms with Crippen LogP contribution in [0.15, 0.2) is 53.4 Å². The number of fused-ring (bicyclic) bond motifs is 1. The van der Waals surface area contributed by atoms with E-state index in [1.54, 1.807) is 12.1 Å². The molecule has 0 saturated carbocycles. The molecule has 1 heterocycles. The van der Waals surface area contributed by atoms with Crippen LogP contribution in [0, 0.1) is 0 Å². The van der Waals surface area contributed by atoms with Crippen molar-refractivity contribution in [3.05, 3.63) is 65.2 Å². The van der Waals surface area contributed by atoms with E-state index in [0.717, 1.165) is 11.1 Å². The van der Waals surface area contributed by atoms with Crippen molar-refractivity contribution in [2.45, 2.75) is 17.7 Å². The van der Waals surface area contributed by atoms with Crippen LogP contribution in [0.2, 0.25) is 0 Å². The monoisotopic (exact) mass is 409 g/mol. The first-order valence-corrected chi connectivity index (χ1v) is 10.1. The molecule has 8 heteroatoms. The number of rotatable bonds is 7. The van der Waals surface area contributed by atoms with E-state index in [0.29, 0.717) is 31.5 Å². The summed E-state index contributed by atoms with van der Waals surface area (Å²) in [6.07, 6.45) is 1.31. The molecule has 1 aliphatic heterocycles. The Hall–Kier alpha value is -1.93. The topological polar surface area (TPSA) is 92.5 Å². The lowest BCUT2D eigenvalue weighted by molar-refractivity contribution is 0.0945. The van der Waals surface area contributed by atoms with Gasteiger partial charge in [0.1, 0.15) is 0 Å². The largest absolute Gasteiger partial charge is 0.352 e. The van der Waals surface area contributed by atoms with Crippen LogP contribution in [0.25, 0.3) is 0 Å². The molecule has 1 aliphatic rings. The maximum atomic E-state index is 13.1.